The van der Waals surface area contributed by atoms with E-state index < -0.39 is 5.82 Å². The zero-order valence-corrected chi connectivity index (χ0v) is 19.3. The molecule has 0 aliphatic heterocycles. The van der Waals surface area contributed by atoms with Crippen molar-refractivity contribution in [3.8, 4) is 23.3 Å². The number of halogens is 1. The number of nitriles is 2. The van der Waals surface area contributed by atoms with Crippen molar-refractivity contribution in [3.05, 3.63) is 65.5 Å². The first-order valence-electron chi connectivity index (χ1n) is 11.0. The Hall–Kier alpha value is -3.66. The van der Waals surface area contributed by atoms with Crippen LogP contribution in [0.25, 0.3) is 16.6 Å². The largest absolute Gasteiger partial charge is 0.393 e. The molecule has 0 saturated heterocycles. The second kappa shape index (κ2) is 8.94. The quantitative estimate of drug-likeness (QED) is 0.448. The van der Waals surface area contributed by atoms with Gasteiger partial charge in [-0.05, 0) is 56.9 Å². The van der Waals surface area contributed by atoms with E-state index in [1.807, 2.05) is 36.1 Å². The number of aliphatic hydroxyl groups excluding tert-OH is 1. The summed E-state index contributed by atoms with van der Waals surface area (Å²) in [5.41, 5.74) is 4.05. The maximum Gasteiger partial charge on any atom is 0.124 e. The lowest BCUT2D eigenvalue weighted by Crippen LogP contribution is -2.23. The van der Waals surface area contributed by atoms with Crippen LogP contribution in [0.4, 0.5) is 4.39 Å². The van der Waals surface area contributed by atoms with E-state index in [0.717, 1.165) is 41.0 Å². The highest BCUT2D eigenvalue weighted by Crippen LogP contribution is 2.38. The summed E-state index contributed by atoms with van der Waals surface area (Å²) in [4.78, 5) is 1.33. The number of rotatable bonds is 4. The van der Waals surface area contributed by atoms with Crippen molar-refractivity contribution in [1.29, 1.82) is 10.5 Å². The van der Waals surface area contributed by atoms with Gasteiger partial charge in [0, 0.05) is 32.8 Å². The van der Waals surface area contributed by atoms with Crippen LogP contribution in [0.2, 0.25) is 0 Å². The Labute approximate surface area is 200 Å². The zero-order valence-electron chi connectivity index (χ0n) is 18.4. The van der Waals surface area contributed by atoms with Crippen LogP contribution in [0.3, 0.4) is 0 Å². The number of fused-ring (bicyclic) bond motifs is 1. The first kappa shape index (κ1) is 22.1. The predicted octanol–water partition coefficient (Wildman–Crippen LogP) is 5.02. The fourth-order valence-corrected chi connectivity index (χ4v) is 5.70. The van der Waals surface area contributed by atoms with Crippen LogP contribution in [0.5, 0.6) is 0 Å². The molecule has 1 aliphatic rings. The smallest absolute Gasteiger partial charge is 0.124 e. The van der Waals surface area contributed by atoms with E-state index in [2.05, 4.69) is 16.3 Å². The molecule has 7 nitrogen and oxygen atoms in total. The van der Waals surface area contributed by atoms with E-state index in [1.54, 1.807) is 10.6 Å². The molecule has 0 unspecified atom stereocenters. The van der Waals surface area contributed by atoms with Crippen molar-refractivity contribution in [2.45, 2.75) is 54.5 Å². The van der Waals surface area contributed by atoms with Gasteiger partial charge in [0.05, 0.1) is 41.2 Å². The molecule has 0 radical (unpaired) electrons. The molecule has 34 heavy (non-hydrogen) atoms. The summed E-state index contributed by atoms with van der Waals surface area (Å²) in [6.45, 7) is 2.01. The molecule has 170 valence electrons. The van der Waals surface area contributed by atoms with Gasteiger partial charge >= 0.3 is 0 Å². The van der Waals surface area contributed by atoms with Crippen molar-refractivity contribution >= 4 is 17.3 Å². The number of aliphatic hydroxyl groups is 1. The minimum absolute atomic E-state index is 0.155. The Morgan fingerprint density at radius 1 is 1.09 bits per heavy atom. The molecule has 1 aromatic carbocycles. The Morgan fingerprint density at radius 3 is 2.68 bits per heavy atom. The van der Waals surface area contributed by atoms with Gasteiger partial charge < -0.3 is 5.11 Å². The van der Waals surface area contributed by atoms with E-state index in [0.29, 0.717) is 22.4 Å². The second-order valence-electron chi connectivity index (χ2n) is 8.47. The number of aromatic nitrogens is 4. The first-order valence-corrected chi connectivity index (χ1v) is 11.8. The molecule has 1 saturated carbocycles. The number of hydrogen-bond acceptors (Lipinski definition) is 6. The summed E-state index contributed by atoms with van der Waals surface area (Å²) in [6, 6.07) is 10.4. The first-order chi connectivity index (χ1) is 16.5. The van der Waals surface area contributed by atoms with E-state index >= 15 is 0 Å². The fourth-order valence-electron chi connectivity index (χ4n) is 4.62. The third kappa shape index (κ3) is 3.94. The van der Waals surface area contributed by atoms with Gasteiger partial charge in [0.25, 0.3) is 0 Å². The molecule has 9 heteroatoms. The molecule has 4 aromatic rings. The maximum atomic E-state index is 13.7. The fraction of sp³-hybridized carbons (Fsp3) is 0.280. The lowest BCUT2D eigenvalue weighted by molar-refractivity contribution is 0.0995. The van der Waals surface area contributed by atoms with Crippen LogP contribution in [0.15, 0.2) is 52.6 Å². The minimum atomic E-state index is -0.474. The van der Waals surface area contributed by atoms with Crippen molar-refractivity contribution < 1.29 is 9.50 Å². The van der Waals surface area contributed by atoms with Crippen molar-refractivity contribution in [2.24, 2.45) is 0 Å². The highest BCUT2D eigenvalue weighted by molar-refractivity contribution is 7.99. The van der Waals surface area contributed by atoms with E-state index in [1.165, 1.54) is 30.1 Å². The van der Waals surface area contributed by atoms with E-state index in [4.69, 9.17) is 0 Å². The van der Waals surface area contributed by atoms with Crippen LogP contribution in [-0.4, -0.2) is 30.6 Å². The normalized spacial score (nSPS) is 18.0. The molecule has 3 aromatic heterocycles. The van der Waals surface area contributed by atoms with Gasteiger partial charge in [0.15, 0.2) is 0 Å². The minimum Gasteiger partial charge on any atom is -0.393 e. The molecule has 2 atom stereocenters. The van der Waals surface area contributed by atoms with E-state index in [-0.39, 0.29) is 17.7 Å². The van der Waals surface area contributed by atoms with Gasteiger partial charge in [-0.2, -0.15) is 20.7 Å². The molecular formula is C25H21FN6OS. The Balaban J connectivity index is 1.61. The zero-order chi connectivity index (χ0) is 23.8. The average molecular weight is 473 g/mol. The highest BCUT2D eigenvalue weighted by atomic mass is 32.2. The third-order valence-corrected chi connectivity index (χ3v) is 7.41. The number of hydrogen-bond donors (Lipinski definition) is 1. The number of benzene rings is 1. The molecule has 1 N–H and O–H groups in total. The van der Waals surface area contributed by atoms with Crippen molar-refractivity contribution in [2.75, 3.05) is 0 Å². The lowest BCUT2D eigenvalue weighted by atomic mass is 9.93. The monoisotopic (exact) mass is 472 g/mol. The maximum absolute atomic E-state index is 13.7. The lowest BCUT2D eigenvalue weighted by Gasteiger charge is -2.27. The molecule has 1 aliphatic carbocycles. The van der Waals surface area contributed by atoms with Gasteiger partial charge in [-0.25, -0.2) is 8.91 Å². The van der Waals surface area contributed by atoms with Crippen LogP contribution in [-0.2, 0) is 0 Å². The summed E-state index contributed by atoms with van der Waals surface area (Å²) in [6.07, 6.45) is 8.35. The second-order valence-corrected chi connectivity index (χ2v) is 9.56. The van der Waals surface area contributed by atoms with Crippen LogP contribution < -0.4 is 0 Å². The Bertz CT molecular complexity index is 1480. The average Bonchev–Trinajstić information content (AvgIpc) is 3.43. The molecule has 3 heterocycles. The summed E-state index contributed by atoms with van der Waals surface area (Å²) in [5, 5.41) is 38.2. The summed E-state index contributed by atoms with van der Waals surface area (Å²) in [7, 11) is 0. The van der Waals surface area contributed by atoms with Crippen LogP contribution >= 0.6 is 11.8 Å². The molecule has 0 bridgehead atoms. The number of nitrogens with zero attached hydrogens (tertiary/aromatic N) is 6. The van der Waals surface area contributed by atoms with Gasteiger partial charge in [-0.3, -0.25) is 4.68 Å². The summed E-state index contributed by atoms with van der Waals surface area (Å²) in [5.74, 6) is -0.474. The summed E-state index contributed by atoms with van der Waals surface area (Å²) >= 11 is 1.30. The molecule has 0 amide bonds. The predicted molar refractivity (Wildman–Crippen MR) is 125 cm³/mol. The highest BCUT2D eigenvalue weighted by Gasteiger charge is 2.25. The topological polar surface area (TPSA) is 103 Å². The van der Waals surface area contributed by atoms with Gasteiger partial charge in [-0.15, -0.1) is 0 Å². The van der Waals surface area contributed by atoms with Gasteiger partial charge in [0.1, 0.15) is 18.0 Å². The molecular weight excluding hydrogens is 451 g/mol. The van der Waals surface area contributed by atoms with Crippen LogP contribution in [0, 0.1) is 35.4 Å². The van der Waals surface area contributed by atoms with E-state index in [9.17, 15) is 20.0 Å². The molecule has 0 spiro atoms. The third-order valence-electron chi connectivity index (χ3n) is 6.30. The number of pyridine rings is 1. The standard InChI is InChI=1S/C25H21FN6OS/c1-15-22(13-30-32(15)20-3-2-4-21(33)9-20)17-8-24(25-18(11-28)12-29-31(25)14-17)34-23-6-5-19(26)7-16(23)10-27/h5-8,12-14,20-21,33H,2-4,9H2,1H3/t20-,21+/m0/s1. The molecule has 5 rings (SSSR count). The van der Waals surface area contributed by atoms with Gasteiger partial charge in [-0.1, -0.05) is 11.8 Å². The summed E-state index contributed by atoms with van der Waals surface area (Å²) < 4.78 is 17.3. The van der Waals surface area contributed by atoms with Crippen molar-refractivity contribution in [3.63, 3.8) is 0 Å². The van der Waals surface area contributed by atoms with Crippen molar-refractivity contribution in [1.82, 2.24) is 19.4 Å². The van der Waals surface area contributed by atoms with Gasteiger partial charge in [0.2, 0.25) is 0 Å². The molecule has 1 fully saturated rings. The van der Waals surface area contributed by atoms with Crippen LogP contribution in [0.1, 0.15) is 48.5 Å². The Morgan fingerprint density at radius 2 is 1.91 bits per heavy atom. The Kier molecular flexibility index (Phi) is 5.82. The SMILES string of the molecule is Cc1c(-c2cc(Sc3ccc(F)cc3C#N)c3c(C#N)cnn3c2)cnn1[C@H]1CCC[C@@H](O)C1.